The number of anilines is 1. The molecule has 2 aromatic carbocycles. The van der Waals surface area contributed by atoms with Gasteiger partial charge < -0.3 is 33.6 Å². The first-order valence-electron chi connectivity index (χ1n) is 12.1. The Morgan fingerprint density at radius 2 is 1.35 bits per heavy atom. The summed E-state index contributed by atoms with van der Waals surface area (Å²) in [4.78, 5) is 42.9. The molecule has 0 radical (unpaired) electrons. The summed E-state index contributed by atoms with van der Waals surface area (Å²) < 4.78 is 21.6. The van der Waals surface area contributed by atoms with Gasteiger partial charge in [0.2, 0.25) is 23.5 Å². The number of carbonyl (C=O) groups excluding carboxylic acids is 3. The molecule has 0 atom stereocenters. The first-order chi connectivity index (χ1) is 17.8. The van der Waals surface area contributed by atoms with E-state index in [9.17, 15) is 14.4 Å². The molecular weight excluding hydrogens is 478 g/mol. The fraction of sp³-hybridized carbons (Fsp3) is 0.444. The predicted molar refractivity (Wildman–Crippen MR) is 138 cm³/mol. The van der Waals surface area contributed by atoms with Gasteiger partial charge in [0.25, 0.3) is 0 Å². The predicted octanol–water partition coefficient (Wildman–Crippen LogP) is 2.73. The number of carbonyl (C=O) groups is 3. The number of methoxy groups -OCH3 is 4. The monoisotopic (exact) mass is 513 g/mol. The van der Waals surface area contributed by atoms with Gasteiger partial charge in [-0.3, -0.25) is 14.4 Å². The Bertz CT molecular complexity index is 1070. The van der Waals surface area contributed by atoms with Gasteiger partial charge in [-0.1, -0.05) is 12.1 Å². The van der Waals surface area contributed by atoms with E-state index in [0.29, 0.717) is 54.9 Å². The van der Waals surface area contributed by atoms with Gasteiger partial charge in [0, 0.05) is 58.1 Å². The van der Waals surface area contributed by atoms with Gasteiger partial charge in [-0.2, -0.15) is 0 Å². The third-order valence-electron chi connectivity index (χ3n) is 6.39. The number of hydrogen-bond donors (Lipinski definition) is 0. The highest BCUT2D eigenvalue weighted by atomic mass is 16.5. The molecule has 10 heteroatoms. The summed E-state index contributed by atoms with van der Waals surface area (Å²) in [6.45, 7) is 3.74. The zero-order valence-corrected chi connectivity index (χ0v) is 22.1. The normalized spacial score (nSPS) is 13.1. The van der Waals surface area contributed by atoms with Crippen molar-refractivity contribution < 1.29 is 33.3 Å². The largest absolute Gasteiger partial charge is 0.497 e. The second-order valence-corrected chi connectivity index (χ2v) is 8.60. The van der Waals surface area contributed by atoms with Crippen LogP contribution in [0.15, 0.2) is 36.4 Å². The average Bonchev–Trinajstić information content (AvgIpc) is 2.93. The van der Waals surface area contributed by atoms with E-state index < -0.39 is 0 Å². The van der Waals surface area contributed by atoms with Gasteiger partial charge in [0.15, 0.2) is 11.5 Å². The summed E-state index contributed by atoms with van der Waals surface area (Å²) in [5.74, 6) is 1.65. The molecule has 1 aliphatic rings. The number of ether oxygens (including phenoxy) is 4. The fourth-order valence-corrected chi connectivity index (χ4v) is 4.24. The van der Waals surface area contributed by atoms with E-state index in [1.807, 2.05) is 24.3 Å². The minimum Gasteiger partial charge on any atom is -0.497 e. The molecule has 1 saturated heterocycles. The minimum absolute atomic E-state index is 0.00167. The summed E-state index contributed by atoms with van der Waals surface area (Å²) in [5.41, 5.74) is 1.44. The number of piperazine rings is 1. The smallest absolute Gasteiger partial charge is 0.227 e. The molecule has 1 aliphatic heterocycles. The lowest BCUT2D eigenvalue weighted by molar-refractivity contribution is -0.139. The van der Waals surface area contributed by atoms with Crippen LogP contribution in [-0.2, 0) is 20.9 Å². The van der Waals surface area contributed by atoms with Crippen molar-refractivity contribution in [1.82, 2.24) is 9.80 Å². The van der Waals surface area contributed by atoms with Gasteiger partial charge in [-0.15, -0.1) is 0 Å². The standard InChI is InChI=1S/C27H35N3O7/c1-19(31)28-12-14-29(15-13-28)25(32)10-11-26(33)30(18-20-6-8-22(34-2)9-7-20)21-16-23(35-3)27(37-5)24(17-21)36-4/h6-9,16-17H,10-15,18H2,1-5H3. The summed E-state index contributed by atoms with van der Waals surface area (Å²) >= 11 is 0. The molecule has 0 aliphatic carbocycles. The van der Waals surface area contributed by atoms with Crippen LogP contribution in [0.1, 0.15) is 25.3 Å². The second kappa shape index (κ2) is 12.8. The molecule has 0 aromatic heterocycles. The lowest BCUT2D eigenvalue weighted by atomic mass is 10.1. The highest BCUT2D eigenvalue weighted by Gasteiger charge is 2.25. The molecule has 37 heavy (non-hydrogen) atoms. The third-order valence-corrected chi connectivity index (χ3v) is 6.39. The Kier molecular flexibility index (Phi) is 9.59. The van der Waals surface area contributed by atoms with Crippen molar-refractivity contribution in [3.05, 3.63) is 42.0 Å². The molecule has 0 saturated carbocycles. The minimum atomic E-state index is -0.221. The zero-order chi connectivity index (χ0) is 26.9. The van der Waals surface area contributed by atoms with E-state index in [0.717, 1.165) is 5.56 Å². The van der Waals surface area contributed by atoms with E-state index in [-0.39, 0.29) is 37.1 Å². The average molecular weight is 514 g/mol. The molecule has 1 heterocycles. The van der Waals surface area contributed by atoms with Crippen LogP contribution >= 0.6 is 0 Å². The number of nitrogens with zero attached hydrogens (tertiary/aromatic N) is 3. The summed E-state index contributed by atoms with van der Waals surface area (Å²) in [7, 11) is 6.14. The summed E-state index contributed by atoms with van der Waals surface area (Å²) in [5, 5.41) is 0. The molecule has 200 valence electrons. The Labute approximate surface area is 217 Å². The van der Waals surface area contributed by atoms with E-state index >= 15 is 0 Å². The van der Waals surface area contributed by atoms with Crippen molar-refractivity contribution in [2.75, 3.05) is 59.5 Å². The van der Waals surface area contributed by atoms with Gasteiger partial charge in [0.05, 0.1) is 40.7 Å². The molecule has 0 N–H and O–H groups in total. The van der Waals surface area contributed by atoms with Gasteiger partial charge in [-0.05, 0) is 17.7 Å². The van der Waals surface area contributed by atoms with Gasteiger partial charge >= 0.3 is 0 Å². The lowest BCUT2D eigenvalue weighted by Gasteiger charge is -2.34. The number of rotatable bonds is 10. The van der Waals surface area contributed by atoms with Crippen molar-refractivity contribution in [3.8, 4) is 23.0 Å². The summed E-state index contributed by atoms with van der Waals surface area (Å²) in [6.07, 6.45) is 0.0982. The molecule has 2 aromatic rings. The fourth-order valence-electron chi connectivity index (χ4n) is 4.24. The Morgan fingerprint density at radius 3 is 1.84 bits per heavy atom. The first kappa shape index (κ1) is 27.6. The highest BCUT2D eigenvalue weighted by Crippen LogP contribution is 2.41. The maximum Gasteiger partial charge on any atom is 0.227 e. The van der Waals surface area contributed by atoms with Gasteiger partial charge in [0.1, 0.15) is 5.75 Å². The van der Waals surface area contributed by atoms with Crippen LogP contribution in [0.3, 0.4) is 0 Å². The van der Waals surface area contributed by atoms with E-state index in [1.165, 1.54) is 28.3 Å². The van der Waals surface area contributed by atoms with E-state index in [1.54, 1.807) is 33.9 Å². The maximum absolute atomic E-state index is 13.5. The van der Waals surface area contributed by atoms with Crippen LogP contribution in [0.4, 0.5) is 5.69 Å². The van der Waals surface area contributed by atoms with Crippen LogP contribution in [0.2, 0.25) is 0 Å². The molecule has 3 rings (SSSR count). The Balaban J connectivity index is 1.81. The number of hydrogen-bond acceptors (Lipinski definition) is 7. The summed E-state index contributed by atoms with van der Waals surface area (Å²) in [6, 6.07) is 10.9. The van der Waals surface area contributed by atoms with Crippen molar-refractivity contribution in [2.45, 2.75) is 26.3 Å². The highest BCUT2D eigenvalue weighted by molar-refractivity contribution is 5.96. The molecule has 0 spiro atoms. The van der Waals surface area contributed by atoms with Crippen molar-refractivity contribution in [3.63, 3.8) is 0 Å². The second-order valence-electron chi connectivity index (χ2n) is 8.60. The lowest BCUT2D eigenvalue weighted by Crippen LogP contribution is -2.50. The van der Waals surface area contributed by atoms with Crippen LogP contribution in [0.25, 0.3) is 0 Å². The van der Waals surface area contributed by atoms with E-state index in [2.05, 4.69) is 0 Å². The molecule has 1 fully saturated rings. The van der Waals surface area contributed by atoms with Crippen LogP contribution in [0.5, 0.6) is 23.0 Å². The van der Waals surface area contributed by atoms with Crippen molar-refractivity contribution >= 4 is 23.4 Å². The SMILES string of the molecule is COc1ccc(CN(C(=O)CCC(=O)N2CCN(C(C)=O)CC2)c2cc(OC)c(OC)c(OC)c2)cc1. The van der Waals surface area contributed by atoms with E-state index in [4.69, 9.17) is 18.9 Å². The number of benzene rings is 2. The molecule has 10 nitrogen and oxygen atoms in total. The topological polar surface area (TPSA) is 97.9 Å². The van der Waals surface area contributed by atoms with Gasteiger partial charge in [-0.25, -0.2) is 0 Å². The molecular formula is C27H35N3O7. The quantitative estimate of drug-likeness (QED) is 0.482. The molecule has 0 bridgehead atoms. The van der Waals surface area contributed by atoms with Crippen molar-refractivity contribution in [2.24, 2.45) is 0 Å². The Hall–Kier alpha value is -3.95. The zero-order valence-electron chi connectivity index (χ0n) is 22.1. The maximum atomic E-state index is 13.5. The Morgan fingerprint density at radius 1 is 0.784 bits per heavy atom. The first-order valence-corrected chi connectivity index (χ1v) is 12.1. The molecule has 0 unspecified atom stereocenters. The number of amides is 3. The van der Waals surface area contributed by atoms with Crippen molar-refractivity contribution in [1.29, 1.82) is 0 Å². The van der Waals surface area contributed by atoms with Crippen LogP contribution < -0.4 is 23.8 Å². The van der Waals surface area contributed by atoms with Crippen LogP contribution in [0, 0.1) is 0 Å². The third kappa shape index (κ3) is 6.84. The van der Waals surface area contributed by atoms with Crippen LogP contribution in [-0.4, -0.2) is 82.1 Å². The molecule has 3 amide bonds.